The Kier molecular flexibility index (Phi) is 2.58. The van der Waals surface area contributed by atoms with Gasteiger partial charge in [-0.3, -0.25) is 4.79 Å². The van der Waals surface area contributed by atoms with Gasteiger partial charge in [0, 0.05) is 28.7 Å². The molecular formula is C15H15N5O. The van der Waals surface area contributed by atoms with E-state index in [2.05, 4.69) is 26.9 Å². The normalized spacial score (nSPS) is 17.5. The van der Waals surface area contributed by atoms with Crippen LogP contribution in [-0.4, -0.2) is 30.2 Å². The van der Waals surface area contributed by atoms with Gasteiger partial charge in [-0.25, -0.2) is 5.43 Å². The van der Waals surface area contributed by atoms with Crippen LogP contribution in [0.2, 0.25) is 0 Å². The van der Waals surface area contributed by atoms with Gasteiger partial charge in [0.05, 0.1) is 17.5 Å². The molecule has 5 N–H and O–H groups in total. The Labute approximate surface area is 121 Å². The van der Waals surface area contributed by atoms with Crippen molar-refractivity contribution in [3.05, 3.63) is 35.0 Å². The molecule has 6 nitrogen and oxygen atoms in total. The van der Waals surface area contributed by atoms with Crippen molar-refractivity contribution in [1.29, 1.82) is 0 Å². The maximum atomic E-state index is 12.1. The maximum Gasteiger partial charge on any atom is 0.272 e. The largest absolute Gasteiger partial charge is 0.399 e. The SMILES string of the molecule is Nc1cc2c3c(c(C4=CCNCC4)[nH]c3c1)C=NNC2=O. The molecule has 3 heterocycles. The lowest BCUT2D eigenvalue weighted by Gasteiger charge is -2.13. The van der Waals surface area contributed by atoms with E-state index in [1.807, 2.05) is 6.07 Å². The molecule has 0 unspecified atom stereocenters. The minimum Gasteiger partial charge on any atom is -0.399 e. The van der Waals surface area contributed by atoms with Crippen LogP contribution in [0.4, 0.5) is 5.69 Å². The highest BCUT2D eigenvalue weighted by Gasteiger charge is 2.22. The second-order valence-corrected chi connectivity index (χ2v) is 5.29. The van der Waals surface area contributed by atoms with Crippen molar-refractivity contribution in [2.24, 2.45) is 5.10 Å². The van der Waals surface area contributed by atoms with Gasteiger partial charge in [-0.2, -0.15) is 5.10 Å². The number of hydrogen-bond acceptors (Lipinski definition) is 4. The van der Waals surface area contributed by atoms with Crippen molar-refractivity contribution in [3.63, 3.8) is 0 Å². The van der Waals surface area contributed by atoms with E-state index in [1.54, 1.807) is 12.3 Å². The van der Waals surface area contributed by atoms with Crippen molar-refractivity contribution in [3.8, 4) is 0 Å². The summed E-state index contributed by atoms with van der Waals surface area (Å²) < 4.78 is 0. The first-order chi connectivity index (χ1) is 10.2. The first-order valence-electron chi connectivity index (χ1n) is 6.93. The second-order valence-electron chi connectivity index (χ2n) is 5.29. The van der Waals surface area contributed by atoms with Crippen LogP contribution in [-0.2, 0) is 0 Å². The summed E-state index contributed by atoms with van der Waals surface area (Å²) in [7, 11) is 0. The van der Waals surface area contributed by atoms with E-state index in [1.165, 1.54) is 5.57 Å². The van der Waals surface area contributed by atoms with Crippen LogP contribution >= 0.6 is 0 Å². The quantitative estimate of drug-likeness (QED) is 0.592. The van der Waals surface area contributed by atoms with Gasteiger partial charge in [-0.05, 0) is 30.7 Å². The van der Waals surface area contributed by atoms with Crippen molar-refractivity contribution >= 4 is 34.3 Å². The average molecular weight is 281 g/mol. The molecule has 0 fully saturated rings. The van der Waals surface area contributed by atoms with Crippen LogP contribution in [0.25, 0.3) is 16.5 Å². The Morgan fingerprint density at radius 1 is 1.29 bits per heavy atom. The van der Waals surface area contributed by atoms with E-state index in [0.717, 1.165) is 41.7 Å². The topological polar surface area (TPSA) is 95.3 Å². The van der Waals surface area contributed by atoms with Crippen LogP contribution in [0, 0.1) is 0 Å². The van der Waals surface area contributed by atoms with Crippen LogP contribution in [0.1, 0.15) is 28.0 Å². The fourth-order valence-electron chi connectivity index (χ4n) is 3.01. The predicted octanol–water partition coefficient (Wildman–Crippen LogP) is 1.20. The summed E-state index contributed by atoms with van der Waals surface area (Å²) in [6, 6.07) is 3.56. The summed E-state index contributed by atoms with van der Waals surface area (Å²) >= 11 is 0. The number of hydrogen-bond donors (Lipinski definition) is 4. The van der Waals surface area contributed by atoms with Gasteiger partial charge in [0.1, 0.15) is 0 Å². The number of nitrogens with one attached hydrogen (secondary N) is 3. The number of nitrogen functional groups attached to an aromatic ring is 1. The first kappa shape index (κ1) is 12.2. The fraction of sp³-hybridized carbons (Fsp3) is 0.200. The summed E-state index contributed by atoms with van der Waals surface area (Å²) in [5.41, 5.74) is 13.7. The highest BCUT2D eigenvalue weighted by Crippen LogP contribution is 2.33. The van der Waals surface area contributed by atoms with Crippen molar-refractivity contribution in [2.45, 2.75) is 6.42 Å². The number of aromatic amines is 1. The summed E-state index contributed by atoms with van der Waals surface area (Å²) in [6.45, 7) is 1.80. The lowest BCUT2D eigenvalue weighted by molar-refractivity contribution is 0.0957. The van der Waals surface area contributed by atoms with Crippen molar-refractivity contribution < 1.29 is 4.79 Å². The van der Waals surface area contributed by atoms with Crippen LogP contribution in [0.5, 0.6) is 0 Å². The van der Waals surface area contributed by atoms with Gasteiger partial charge in [0.2, 0.25) is 0 Å². The number of carbonyl (C=O) groups excluding carboxylic acids is 1. The van der Waals surface area contributed by atoms with Gasteiger partial charge in [0.15, 0.2) is 0 Å². The number of benzene rings is 1. The van der Waals surface area contributed by atoms with E-state index in [4.69, 9.17) is 5.73 Å². The predicted molar refractivity (Wildman–Crippen MR) is 83.2 cm³/mol. The average Bonchev–Trinajstić information content (AvgIpc) is 2.76. The number of H-pyrrole nitrogens is 1. The summed E-state index contributed by atoms with van der Waals surface area (Å²) in [5, 5.41) is 8.21. The molecule has 21 heavy (non-hydrogen) atoms. The molecule has 0 saturated heterocycles. The molecule has 2 aromatic rings. The number of rotatable bonds is 1. The smallest absolute Gasteiger partial charge is 0.272 e. The van der Waals surface area contributed by atoms with Gasteiger partial charge < -0.3 is 16.0 Å². The molecule has 0 atom stereocenters. The Bertz CT molecular complexity index is 815. The standard InChI is InChI=1S/C15H15N5O/c16-9-5-10-13-11(7-18-20-15(10)21)14(19-12(13)6-9)8-1-3-17-4-2-8/h1,5-7,17,19H,2-4,16H2,(H,20,21). The molecule has 1 amide bonds. The molecule has 2 aliphatic heterocycles. The molecule has 0 aliphatic carbocycles. The fourth-order valence-corrected chi connectivity index (χ4v) is 3.01. The molecule has 2 aliphatic rings. The highest BCUT2D eigenvalue weighted by molar-refractivity contribution is 6.16. The zero-order valence-corrected chi connectivity index (χ0v) is 11.4. The molecule has 1 aromatic carbocycles. The molecule has 4 rings (SSSR count). The third-order valence-electron chi connectivity index (χ3n) is 3.95. The van der Waals surface area contributed by atoms with E-state index in [-0.39, 0.29) is 5.91 Å². The Hall–Kier alpha value is -2.60. The number of carbonyl (C=O) groups is 1. The van der Waals surface area contributed by atoms with Crippen LogP contribution in [0.3, 0.4) is 0 Å². The van der Waals surface area contributed by atoms with Crippen LogP contribution in [0.15, 0.2) is 23.3 Å². The first-order valence-corrected chi connectivity index (χ1v) is 6.93. The van der Waals surface area contributed by atoms with Crippen molar-refractivity contribution in [1.82, 2.24) is 15.7 Å². The molecule has 6 heteroatoms. The monoisotopic (exact) mass is 281 g/mol. The maximum absolute atomic E-state index is 12.1. The second kappa shape index (κ2) is 4.46. The van der Waals surface area contributed by atoms with Gasteiger partial charge in [-0.1, -0.05) is 6.08 Å². The molecule has 106 valence electrons. The number of nitrogens with two attached hydrogens (primary N) is 1. The van der Waals surface area contributed by atoms with Gasteiger partial charge in [0.25, 0.3) is 5.91 Å². The number of amides is 1. The lowest BCUT2D eigenvalue weighted by atomic mass is 9.99. The minimum absolute atomic E-state index is 0.229. The number of hydrazone groups is 1. The molecule has 0 spiro atoms. The third-order valence-corrected chi connectivity index (χ3v) is 3.95. The van der Waals surface area contributed by atoms with E-state index < -0.39 is 0 Å². The molecule has 0 radical (unpaired) electrons. The Morgan fingerprint density at radius 2 is 2.19 bits per heavy atom. The highest BCUT2D eigenvalue weighted by atomic mass is 16.2. The molecule has 0 saturated carbocycles. The zero-order valence-electron chi connectivity index (χ0n) is 11.4. The van der Waals surface area contributed by atoms with Gasteiger partial charge >= 0.3 is 0 Å². The molecule has 0 bridgehead atoms. The number of aromatic nitrogens is 1. The third kappa shape index (κ3) is 1.84. The van der Waals surface area contributed by atoms with Crippen LogP contribution < -0.4 is 16.5 Å². The molecule has 1 aromatic heterocycles. The van der Waals surface area contributed by atoms with Gasteiger partial charge in [-0.15, -0.1) is 0 Å². The summed E-state index contributed by atoms with van der Waals surface area (Å²) in [5.74, 6) is -0.229. The Balaban J connectivity index is 2.05. The van der Waals surface area contributed by atoms with Crippen molar-refractivity contribution in [2.75, 3.05) is 18.8 Å². The minimum atomic E-state index is -0.229. The van der Waals surface area contributed by atoms with E-state index >= 15 is 0 Å². The van der Waals surface area contributed by atoms with E-state index in [0.29, 0.717) is 11.3 Å². The summed E-state index contributed by atoms with van der Waals surface area (Å²) in [4.78, 5) is 15.5. The summed E-state index contributed by atoms with van der Waals surface area (Å²) in [6.07, 6.45) is 4.82. The molecular weight excluding hydrogens is 266 g/mol. The lowest BCUT2D eigenvalue weighted by Crippen LogP contribution is -2.20. The zero-order chi connectivity index (χ0) is 14.4. The number of anilines is 1. The van der Waals surface area contributed by atoms with E-state index in [9.17, 15) is 4.79 Å². The Morgan fingerprint density at radius 3 is 3.00 bits per heavy atom. The number of nitrogens with zero attached hydrogens (tertiary/aromatic N) is 1.